The van der Waals surface area contributed by atoms with Crippen molar-refractivity contribution in [3.8, 4) is 0 Å². The maximum Gasteiger partial charge on any atom is 0.290 e. The van der Waals surface area contributed by atoms with Crippen molar-refractivity contribution in [3.05, 3.63) is 16.7 Å². The zero-order valence-corrected chi connectivity index (χ0v) is 6.57. The number of H-pyrrole nitrogens is 2. The summed E-state index contributed by atoms with van der Waals surface area (Å²) in [5.74, 6) is -0.514. The lowest BCUT2D eigenvalue weighted by atomic mass is 10.5. The summed E-state index contributed by atoms with van der Waals surface area (Å²) in [5, 5.41) is 4.91. The van der Waals surface area contributed by atoms with Crippen molar-refractivity contribution in [3.63, 3.8) is 0 Å². The molecule has 0 fully saturated rings. The van der Waals surface area contributed by atoms with Crippen molar-refractivity contribution in [2.45, 2.75) is 6.54 Å². The summed E-state index contributed by atoms with van der Waals surface area (Å²) in [6.07, 6.45) is 1.39. The number of fused-ring (bicyclic) bond motifs is 1. The summed E-state index contributed by atoms with van der Waals surface area (Å²) in [6, 6.07) is 0. The van der Waals surface area contributed by atoms with Crippen LogP contribution >= 0.6 is 0 Å². The first kappa shape index (κ1) is 7.59. The highest BCUT2D eigenvalue weighted by atomic mass is 16.1. The fourth-order valence-corrected chi connectivity index (χ4v) is 1.17. The minimum atomic E-state index is -0.514. The largest absolute Gasteiger partial charge is 0.368 e. The Morgan fingerprint density at radius 1 is 1.62 bits per heavy atom. The molecule has 0 spiro atoms. The van der Waals surface area contributed by atoms with Crippen LogP contribution in [0.3, 0.4) is 0 Å². The molecule has 0 bridgehead atoms. The smallest absolute Gasteiger partial charge is 0.290 e. The lowest BCUT2D eigenvalue weighted by Gasteiger charge is -1.95. The number of hydrogen-bond donors (Lipinski definition) is 3. The van der Waals surface area contributed by atoms with Gasteiger partial charge in [0.05, 0.1) is 6.33 Å². The Morgan fingerprint density at radius 3 is 3.08 bits per heavy atom. The number of primary amides is 1. The van der Waals surface area contributed by atoms with Crippen LogP contribution in [0.2, 0.25) is 0 Å². The Morgan fingerprint density at radius 2 is 2.38 bits per heavy atom. The predicted octanol–water partition coefficient (Wildman–Crippen LogP) is -1.46. The Bertz CT molecular complexity index is 504. The second kappa shape index (κ2) is 2.47. The van der Waals surface area contributed by atoms with Gasteiger partial charge in [-0.05, 0) is 0 Å². The molecule has 0 saturated carbocycles. The molecule has 0 aliphatic rings. The molecule has 7 heteroatoms. The molecule has 1 amide bonds. The van der Waals surface area contributed by atoms with Crippen LogP contribution < -0.4 is 11.3 Å². The molecule has 0 aliphatic heterocycles. The molecular weight excluding hydrogens is 174 g/mol. The minimum absolute atomic E-state index is 0.0442. The highest BCUT2D eigenvalue weighted by Gasteiger charge is 2.09. The summed E-state index contributed by atoms with van der Waals surface area (Å²) in [6.45, 7) is -0.0442. The van der Waals surface area contributed by atoms with Gasteiger partial charge in [-0.1, -0.05) is 0 Å². The Labute approximate surface area is 71.5 Å². The second-order valence-electron chi connectivity index (χ2n) is 2.62. The molecule has 0 aliphatic carbocycles. The van der Waals surface area contributed by atoms with Crippen LogP contribution in [-0.2, 0) is 11.3 Å². The number of aromatic amines is 2. The Kier molecular flexibility index (Phi) is 1.44. The number of carbonyl (C=O) groups excluding carboxylic acids is 1. The van der Waals surface area contributed by atoms with Gasteiger partial charge in [0.1, 0.15) is 6.54 Å². The van der Waals surface area contributed by atoms with E-state index < -0.39 is 5.91 Å². The summed E-state index contributed by atoms with van der Waals surface area (Å²) in [4.78, 5) is 25.6. The van der Waals surface area contributed by atoms with Gasteiger partial charge in [0.25, 0.3) is 5.56 Å². The molecule has 68 valence electrons. The Balaban J connectivity index is 2.62. The third-order valence-electron chi connectivity index (χ3n) is 1.67. The third-order valence-corrected chi connectivity index (χ3v) is 1.67. The monoisotopic (exact) mass is 181 g/mol. The molecule has 4 N–H and O–H groups in total. The lowest BCUT2D eigenvalue weighted by Crippen LogP contribution is -2.19. The summed E-state index contributed by atoms with van der Waals surface area (Å²) >= 11 is 0. The van der Waals surface area contributed by atoms with Crippen molar-refractivity contribution in [1.82, 2.24) is 19.7 Å². The van der Waals surface area contributed by atoms with E-state index in [0.29, 0.717) is 11.2 Å². The maximum absolute atomic E-state index is 11.1. The predicted molar refractivity (Wildman–Crippen MR) is 43.9 cm³/mol. The number of nitrogens with two attached hydrogens (primary N) is 1. The van der Waals surface area contributed by atoms with Crippen molar-refractivity contribution in [1.29, 1.82) is 0 Å². The van der Waals surface area contributed by atoms with Crippen LogP contribution in [0.1, 0.15) is 0 Å². The molecule has 0 saturated heterocycles. The van der Waals surface area contributed by atoms with E-state index in [0.717, 1.165) is 0 Å². The number of imidazole rings is 1. The van der Waals surface area contributed by atoms with Gasteiger partial charge in [-0.15, -0.1) is 0 Å². The zero-order chi connectivity index (χ0) is 9.42. The molecule has 2 heterocycles. The number of carbonyl (C=O) groups is 1. The van der Waals surface area contributed by atoms with Gasteiger partial charge in [-0.25, -0.2) is 4.98 Å². The van der Waals surface area contributed by atoms with E-state index >= 15 is 0 Å². The van der Waals surface area contributed by atoms with Crippen LogP contribution in [0.15, 0.2) is 11.1 Å². The fraction of sp³-hybridized carbons (Fsp3) is 0.167. The van der Waals surface area contributed by atoms with Gasteiger partial charge >= 0.3 is 0 Å². The molecule has 13 heavy (non-hydrogen) atoms. The van der Waals surface area contributed by atoms with Crippen molar-refractivity contribution < 1.29 is 4.79 Å². The Hall–Kier alpha value is -2.05. The molecule has 0 radical (unpaired) electrons. The van der Waals surface area contributed by atoms with Gasteiger partial charge in [0.2, 0.25) is 5.91 Å². The first-order valence-electron chi connectivity index (χ1n) is 3.58. The molecule has 7 nitrogen and oxygen atoms in total. The molecule has 2 aromatic heterocycles. The first-order chi connectivity index (χ1) is 6.18. The average Bonchev–Trinajstić information content (AvgIpc) is 2.56. The van der Waals surface area contributed by atoms with E-state index in [1.807, 2.05) is 0 Å². The quantitative estimate of drug-likeness (QED) is 0.526. The van der Waals surface area contributed by atoms with Crippen LogP contribution in [0.5, 0.6) is 0 Å². The molecule has 0 atom stereocenters. The molecular formula is C6H7N5O2. The van der Waals surface area contributed by atoms with Crippen LogP contribution in [0, 0.1) is 0 Å². The molecule has 0 unspecified atom stereocenters. The minimum Gasteiger partial charge on any atom is -0.368 e. The number of rotatable bonds is 2. The van der Waals surface area contributed by atoms with E-state index in [4.69, 9.17) is 5.73 Å². The first-order valence-corrected chi connectivity index (χ1v) is 3.58. The van der Waals surface area contributed by atoms with Crippen LogP contribution in [-0.4, -0.2) is 25.7 Å². The van der Waals surface area contributed by atoms with Gasteiger partial charge in [-0.3, -0.25) is 19.8 Å². The topological polar surface area (TPSA) is 110 Å². The molecule has 2 aromatic rings. The summed E-state index contributed by atoms with van der Waals surface area (Å²) in [5.41, 5.74) is 5.43. The lowest BCUT2D eigenvalue weighted by molar-refractivity contribution is -0.118. The highest BCUT2D eigenvalue weighted by Crippen LogP contribution is 2.02. The molecule has 0 aromatic carbocycles. The number of amides is 1. The van der Waals surface area contributed by atoms with Crippen molar-refractivity contribution in [2.24, 2.45) is 5.73 Å². The highest BCUT2D eigenvalue weighted by molar-refractivity contribution is 5.77. The second-order valence-corrected chi connectivity index (χ2v) is 2.62. The third kappa shape index (κ3) is 1.10. The van der Waals surface area contributed by atoms with E-state index in [2.05, 4.69) is 15.2 Å². The SMILES string of the molecule is NC(=O)Cn1cnc2[nH][nH]c(=O)c21. The van der Waals surface area contributed by atoms with Crippen molar-refractivity contribution >= 4 is 17.1 Å². The van der Waals surface area contributed by atoms with Gasteiger partial charge in [0.15, 0.2) is 11.2 Å². The van der Waals surface area contributed by atoms with Gasteiger partial charge < -0.3 is 10.3 Å². The zero-order valence-electron chi connectivity index (χ0n) is 6.57. The summed E-state index contributed by atoms with van der Waals surface area (Å²) < 4.78 is 1.40. The van der Waals surface area contributed by atoms with Gasteiger partial charge in [-0.2, -0.15) is 0 Å². The van der Waals surface area contributed by atoms with E-state index in [1.165, 1.54) is 10.9 Å². The maximum atomic E-state index is 11.1. The van der Waals surface area contributed by atoms with E-state index in [1.54, 1.807) is 0 Å². The van der Waals surface area contributed by atoms with E-state index in [-0.39, 0.29) is 12.1 Å². The number of nitrogens with one attached hydrogen (secondary N) is 2. The fourth-order valence-electron chi connectivity index (χ4n) is 1.17. The van der Waals surface area contributed by atoms with Gasteiger partial charge in [0, 0.05) is 0 Å². The van der Waals surface area contributed by atoms with E-state index in [9.17, 15) is 9.59 Å². The standard InChI is InChI=1S/C6H7N5O2/c7-3(12)1-11-2-8-5-4(11)6(13)10-9-5/h2H,1H2,(H2,7,12)(H2,9,10,13). The summed E-state index contributed by atoms with van der Waals surface area (Å²) in [7, 11) is 0. The van der Waals surface area contributed by atoms with Crippen LogP contribution in [0.4, 0.5) is 0 Å². The van der Waals surface area contributed by atoms with Crippen molar-refractivity contribution in [2.75, 3.05) is 0 Å². The number of hydrogen-bond acceptors (Lipinski definition) is 3. The molecule has 2 rings (SSSR count). The number of nitrogens with zero attached hydrogens (tertiary/aromatic N) is 2. The average molecular weight is 181 g/mol. The number of aromatic nitrogens is 4. The van der Waals surface area contributed by atoms with Crippen LogP contribution in [0.25, 0.3) is 11.2 Å². The normalized spacial score (nSPS) is 10.8.